The summed E-state index contributed by atoms with van der Waals surface area (Å²) in [7, 11) is 0. The number of nitrogens with zero attached hydrogens (tertiary/aromatic N) is 1. The maximum Gasteiger partial charge on any atom is 0.129 e. The second-order valence-corrected chi connectivity index (χ2v) is 10.9. The van der Waals surface area contributed by atoms with Crippen molar-refractivity contribution in [2.24, 2.45) is 10.9 Å². The molecular weight excluding hydrogens is 488 g/mol. The highest BCUT2D eigenvalue weighted by atomic mass is 16.5. The molecule has 0 aromatic heterocycles. The summed E-state index contributed by atoms with van der Waals surface area (Å²) in [4.78, 5) is 4.90. The van der Waals surface area contributed by atoms with Crippen molar-refractivity contribution in [1.29, 1.82) is 0 Å². The largest absolute Gasteiger partial charge is 0.488 e. The molecule has 0 saturated heterocycles. The summed E-state index contributed by atoms with van der Waals surface area (Å²) < 4.78 is 6.29. The average Bonchev–Trinajstić information content (AvgIpc) is 3.50. The lowest BCUT2D eigenvalue weighted by Crippen LogP contribution is -2.29. The Morgan fingerprint density at radius 3 is 2.58 bits per heavy atom. The zero-order valence-corrected chi connectivity index (χ0v) is 22.6. The highest BCUT2D eigenvalue weighted by molar-refractivity contribution is 6.03. The van der Waals surface area contributed by atoms with E-state index in [1.54, 1.807) is 0 Å². The molecule has 5 aromatic carbocycles. The molecule has 3 nitrogen and oxygen atoms in total. The number of aliphatic imine (C=N–C) groups is 1. The summed E-state index contributed by atoms with van der Waals surface area (Å²) in [5.41, 5.74) is 8.38. The minimum absolute atomic E-state index is 0.282. The maximum atomic E-state index is 6.29. The van der Waals surface area contributed by atoms with Crippen LogP contribution >= 0.6 is 0 Å². The smallest absolute Gasteiger partial charge is 0.129 e. The second kappa shape index (κ2) is 10.5. The quantitative estimate of drug-likeness (QED) is 0.179. The molecule has 40 heavy (non-hydrogen) atoms. The van der Waals surface area contributed by atoms with E-state index in [1.807, 2.05) is 24.4 Å². The molecule has 1 heterocycles. The van der Waals surface area contributed by atoms with E-state index in [4.69, 9.17) is 9.73 Å². The molecule has 2 aliphatic rings. The Balaban J connectivity index is 1.15. The maximum absolute atomic E-state index is 6.29. The number of hydrogen-bond donors (Lipinski definition) is 1. The van der Waals surface area contributed by atoms with Gasteiger partial charge >= 0.3 is 0 Å². The summed E-state index contributed by atoms with van der Waals surface area (Å²) in [5.74, 6) is 1.84. The molecule has 0 radical (unpaired) electrons. The summed E-state index contributed by atoms with van der Waals surface area (Å²) in [5, 5.41) is 6.15. The molecule has 5 aromatic rings. The first-order chi connectivity index (χ1) is 19.7. The summed E-state index contributed by atoms with van der Waals surface area (Å²) in [6.07, 6.45) is 7.80. The summed E-state index contributed by atoms with van der Waals surface area (Å²) in [6.45, 7) is 2.69. The van der Waals surface area contributed by atoms with Crippen molar-refractivity contribution in [2.75, 3.05) is 5.32 Å². The standard InChI is InChI=1S/C37H32N2O/c1-25-14-20-35-33(22-25)31-12-7-13-32(31)37(39-35)28-15-18-29(19-16-28)38-23-34-30-11-6-5-10-27(30)17-21-36(34)40-24-26-8-3-2-4-9-26/h2-12,14-23,31-32,37,39H,13,24H2,1H3/t31-,32-,37+/m1/s1. The lowest BCUT2D eigenvalue weighted by Gasteiger charge is -2.37. The molecule has 0 amide bonds. The van der Waals surface area contributed by atoms with Gasteiger partial charge in [0.15, 0.2) is 0 Å². The highest BCUT2D eigenvalue weighted by Crippen LogP contribution is 2.50. The van der Waals surface area contributed by atoms with E-state index >= 15 is 0 Å². The lowest BCUT2D eigenvalue weighted by atomic mass is 9.76. The van der Waals surface area contributed by atoms with Crippen LogP contribution < -0.4 is 10.1 Å². The monoisotopic (exact) mass is 520 g/mol. The first-order valence-corrected chi connectivity index (χ1v) is 14.1. The van der Waals surface area contributed by atoms with Gasteiger partial charge < -0.3 is 10.1 Å². The van der Waals surface area contributed by atoms with E-state index in [9.17, 15) is 0 Å². The molecule has 196 valence electrons. The number of fused-ring (bicyclic) bond motifs is 4. The van der Waals surface area contributed by atoms with E-state index < -0.39 is 0 Å². The van der Waals surface area contributed by atoms with Crippen LogP contribution in [0.3, 0.4) is 0 Å². The molecule has 0 bridgehead atoms. The van der Waals surface area contributed by atoms with Gasteiger partial charge in [0, 0.05) is 23.4 Å². The second-order valence-electron chi connectivity index (χ2n) is 10.9. The van der Waals surface area contributed by atoms with Gasteiger partial charge in [-0.25, -0.2) is 0 Å². The van der Waals surface area contributed by atoms with Gasteiger partial charge in [0.25, 0.3) is 0 Å². The van der Waals surface area contributed by atoms with Crippen molar-refractivity contribution in [3.8, 4) is 5.75 Å². The SMILES string of the molecule is Cc1ccc2c(c1)[C@@H]1C=CC[C@H]1[C@H](c1ccc(N=Cc3c(OCc4ccccc4)ccc4ccccc34)cc1)N2. The van der Waals surface area contributed by atoms with Gasteiger partial charge in [-0.3, -0.25) is 4.99 Å². The van der Waals surface area contributed by atoms with Crippen LogP contribution in [0.25, 0.3) is 10.8 Å². The van der Waals surface area contributed by atoms with Crippen LogP contribution in [-0.4, -0.2) is 6.21 Å². The van der Waals surface area contributed by atoms with Crippen molar-refractivity contribution in [3.63, 3.8) is 0 Å². The van der Waals surface area contributed by atoms with Gasteiger partial charge in [-0.2, -0.15) is 0 Å². The van der Waals surface area contributed by atoms with Crippen molar-refractivity contribution in [3.05, 3.63) is 149 Å². The summed E-state index contributed by atoms with van der Waals surface area (Å²) >= 11 is 0. The third-order valence-electron chi connectivity index (χ3n) is 8.28. The predicted octanol–water partition coefficient (Wildman–Crippen LogP) is 9.30. The Hall–Kier alpha value is -4.63. The number of allylic oxidation sites excluding steroid dienone is 2. The molecule has 1 aliphatic carbocycles. The summed E-state index contributed by atoms with van der Waals surface area (Å²) in [6, 6.07) is 38.6. The van der Waals surface area contributed by atoms with Gasteiger partial charge in [-0.1, -0.05) is 103 Å². The predicted molar refractivity (Wildman–Crippen MR) is 166 cm³/mol. The van der Waals surface area contributed by atoms with Crippen molar-refractivity contribution >= 4 is 28.4 Å². The number of hydrogen-bond acceptors (Lipinski definition) is 3. The van der Waals surface area contributed by atoms with E-state index in [1.165, 1.54) is 27.8 Å². The number of rotatable bonds is 6. The van der Waals surface area contributed by atoms with Gasteiger partial charge in [0.05, 0.1) is 11.7 Å². The van der Waals surface area contributed by atoms with Crippen molar-refractivity contribution in [2.45, 2.75) is 31.9 Å². The third-order valence-corrected chi connectivity index (χ3v) is 8.28. The van der Waals surface area contributed by atoms with Gasteiger partial charge in [0.2, 0.25) is 0 Å². The molecule has 1 aliphatic heterocycles. The Bertz CT molecular complexity index is 1720. The molecule has 1 N–H and O–H groups in total. The van der Waals surface area contributed by atoms with Crippen LogP contribution in [0.5, 0.6) is 5.75 Å². The van der Waals surface area contributed by atoms with Crippen LogP contribution in [0.2, 0.25) is 0 Å². The van der Waals surface area contributed by atoms with E-state index in [0.29, 0.717) is 18.4 Å². The fourth-order valence-electron chi connectivity index (χ4n) is 6.22. The first kappa shape index (κ1) is 24.4. The third kappa shape index (κ3) is 4.69. The number of nitrogens with one attached hydrogen (secondary N) is 1. The molecule has 7 rings (SSSR count). The first-order valence-electron chi connectivity index (χ1n) is 14.1. The van der Waals surface area contributed by atoms with Crippen LogP contribution in [-0.2, 0) is 6.61 Å². The minimum atomic E-state index is 0.282. The number of benzene rings is 5. The number of anilines is 1. The zero-order chi connectivity index (χ0) is 26.9. The van der Waals surface area contributed by atoms with Gasteiger partial charge in [0.1, 0.15) is 12.4 Å². The van der Waals surface area contributed by atoms with E-state index in [0.717, 1.165) is 34.4 Å². The van der Waals surface area contributed by atoms with E-state index in [2.05, 4.69) is 115 Å². The number of ether oxygens (including phenoxy) is 1. The molecule has 3 heteroatoms. The van der Waals surface area contributed by atoms with Crippen LogP contribution in [0, 0.1) is 12.8 Å². The van der Waals surface area contributed by atoms with Crippen LogP contribution in [0.1, 0.15) is 46.2 Å². The van der Waals surface area contributed by atoms with Gasteiger partial charge in [-0.05, 0) is 71.0 Å². The lowest BCUT2D eigenvalue weighted by molar-refractivity contribution is 0.306. The van der Waals surface area contributed by atoms with Crippen LogP contribution in [0.15, 0.2) is 126 Å². The fourth-order valence-corrected chi connectivity index (χ4v) is 6.22. The molecule has 0 saturated carbocycles. The highest BCUT2D eigenvalue weighted by Gasteiger charge is 2.37. The normalized spacial score (nSPS) is 19.4. The molecule has 0 spiro atoms. The van der Waals surface area contributed by atoms with Gasteiger partial charge in [-0.15, -0.1) is 0 Å². The zero-order valence-electron chi connectivity index (χ0n) is 22.6. The number of aryl methyl sites for hydroxylation is 1. The van der Waals surface area contributed by atoms with Crippen molar-refractivity contribution in [1.82, 2.24) is 0 Å². The topological polar surface area (TPSA) is 33.6 Å². The van der Waals surface area contributed by atoms with Crippen LogP contribution in [0.4, 0.5) is 11.4 Å². The Morgan fingerprint density at radius 2 is 1.70 bits per heavy atom. The Morgan fingerprint density at radius 1 is 0.875 bits per heavy atom. The molecule has 0 fully saturated rings. The Labute approximate surface area is 235 Å². The average molecular weight is 521 g/mol. The van der Waals surface area contributed by atoms with Crippen molar-refractivity contribution < 1.29 is 4.74 Å². The molecule has 3 atom stereocenters. The minimum Gasteiger partial charge on any atom is -0.488 e. The Kier molecular flexibility index (Phi) is 6.41. The fraction of sp³-hybridized carbons (Fsp3) is 0.162. The van der Waals surface area contributed by atoms with E-state index in [-0.39, 0.29) is 6.04 Å². The molecule has 0 unspecified atom stereocenters. The molecular formula is C37H32N2O.